The van der Waals surface area contributed by atoms with Crippen LogP contribution in [0.1, 0.15) is 28.2 Å². The number of alkyl carbamates (subject to hydrolysis) is 1. The molecule has 7 heteroatoms. The summed E-state index contributed by atoms with van der Waals surface area (Å²) in [6.45, 7) is 5.06. The normalized spacial score (nSPS) is 10.7. The Morgan fingerprint density at radius 3 is 2.59 bits per heavy atom. The number of aromatic amines is 1. The van der Waals surface area contributed by atoms with Gasteiger partial charge < -0.3 is 15.0 Å². The van der Waals surface area contributed by atoms with E-state index in [1.165, 1.54) is 0 Å². The SMILES string of the molecule is C.CC(C)(C)OC(=O)NCC(=O)Nc1nc2ccccc2[nH]1. The molecule has 7 nitrogen and oxygen atoms in total. The Bertz CT molecular complexity index is 625. The van der Waals surface area contributed by atoms with Crippen LogP contribution in [0, 0.1) is 0 Å². The van der Waals surface area contributed by atoms with Gasteiger partial charge in [0.1, 0.15) is 12.1 Å². The van der Waals surface area contributed by atoms with Crippen LogP contribution in [-0.2, 0) is 9.53 Å². The molecule has 120 valence electrons. The van der Waals surface area contributed by atoms with Crippen LogP contribution in [0.15, 0.2) is 24.3 Å². The molecule has 0 aliphatic heterocycles. The van der Waals surface area contributed by atoms with Gasteiger partial charge in [-0.1, -0.05) is 19.6 Å². The summed E-state index contributed by atoms with van der Waals surface area (Å²) in [5, 5.41) is 4.95. The number of carbonyl (C=O) groups excluding carboxylic acids is 2. The lowest BCUT2D eigenvalue weighted by Gasteiger charge is -2.19. The minimum Gasteiger partial charge on any atom is -0.444 e. The first-order chi connectivity index (χ1) is 9.83. The first-order valence-electron chi connectivity index (χ1n) is 6.55. The Kier molecular flexibility index (Phi) is 5.50. The number of hydrogen-bond donors (Lipinski definition) is 3. The van der Waals surface area contributed by atoms with Gasteiger partial charge in [0.2, 0.25) is 11.9 Å². The summed E-state index contributed by atoms with van der Waals surface area (Å²) in [5.74, 6) is -0.0490. The third-order valence-electron chi connectivity index (χ3n) is 2.44. The molecule has 2 aromatic rings. The molecular weight excluding hydrogens is 284 g/mol. The maximum Gasteiger partial charge on any atom is 0.408 e. The molecule has 0 saturated carbocycles. The van der Waals surface area contributed by atoms with Gasteiger partial charge in [-0.2, -0.15) is 0 Å². The predicted molar refractivity (Wildman–Crippen MR) is 85.7 cm³/mol. The maximum absolute atomic E-state index is 11.7. The summed E-state index contributed by atoms with van der Waals surface area (Å²) in [6.07, 6.45) is -0.637. The topological polar surface area (TPSA) is 96.1 Å². The number of nitrogens with one attached hydrogen (secondary N) is 3. The first kappa shape index (κ1) is 17.5. The van der Waals surface area contributed by atoms with Crippen LogP contribution < -0.4 is 10.6 Å². The number of carbonyl (C=O) groups is 2. The summed E-state index contributed by atoms with van der Waals surface area (Å²) in [6, 6.07) is 7.42. The third-order valence-corrected chi connectivity index (χ3v) is 2.44. The van der Waals surface area contributed by atoms with Crippen LogP contribution in [0.4, 0.5) is 10.7 Å². The van der Waals surface area contributed by atoms with E-state index in [0.29, 0.717) is 5.95 Å². The number of imidazole rings is 1. The van der Waals surface area contributed by atoms with Crippen LogP contribution >= 0.6 is 0 Å². The number of H-pyrrole nitrogens is 1. The number of para-hydroxylation sites is 2. The molecule has 0 saturated heterocycles. The van der Waals surface area contributed by atoms with Crippen molar-refractivity contribution in [3.05, 3.63) is 24.3 Å². The van der Waals surface area contributed by atoms with Gasteiger partial charge in [-0.25, -0.2) is 9.78 Å². The lowest BCUT2D eigenvalue weighted by molar-refractivity contribution is -0.115. The smallest absolute Gasteiger partial charge is 0.408 e. The predicted octanol–water partition coefficient (Wildman–Crippen LogP) is 2.66. The molecule has 0 fully saturated rings. The highest BCUT2D eigenvalue weighted by atomic mass is 16.6. The number of rotatable bonds is 3. The van der Waals surface area contributed by atoms with Gasteiger partial charge in [-0.15, -0.1) is 0 Å². The summed E-state index contributed by atoms with van der Waals surface area (Å²) in [7, 11) is 0. The number of ether oxygens (including phenoxy) is 1. The van der Waals surface area contributed by atoms with Crippen LogP contribution in [0.25, 0.3) is 11.0 Å². The Hall–Kier alpha value is -2.57. The summed E-state index contributed by atoms with van der Waals surface area (Å²) >= 11 is 0. The quantitative estimate of drug-likeness (QED) is 0.812. The van der Waals surface area contributed by atoms with Crippen molar-refractivity contribution in [3.63, 3.8) is 0 Å². The Morgan fingerprint density at radius 1 is 1.27 bits per heavy atom. The molecule has 0 atom stereocenters. The fourth-order valence-electron chi connectivity index (χ4n) is 1.65. The van der Waals surface area contributed by atoms with Crippen molar-refractivity contribution in [1.29, 1.82) is 0 Å². The highest BCUT2D eigenvalue weighted by molar-refractivity contribution is 5.93. The molecule has 0 radical (unpaired) electrons. The van der Waals surface area contributed by atoms with Crippen molar-refractivity contribution in [1.82, 2.24) is 15.3 Å². The van der Waals surface area contributed by atoms with Crippen molar-refractivity contribution in [3.8, 4) is 0 Å². The van der Waals surface area contributed by atoms with Crippen LogP contribution in [-0.4, -0.2) is 34.1 Å². The first-order valence-corrected chi connectivity index (χ1v) is 6.55. The van der Waals surface area contributed by atoms with Gasteiger partial charge in [0.15, 0.2) is 0 Å². The van der Waals surface area contributed by atoms with Gasteiger partial charge >= 0.3 is 6.09 Å². The number of fused-ring (bicyclic) bond motifs is 1. The molecular formula is C15H22N4O3. The monoisotopic (exact) mass is 306 g/mol. The molecule has 0 bridgehead atoms. The molecule has 3 N–H and O–H groups in total. The van der Waals surface area contributed by atoms with E-state index in [4.69, 9.17) is 4.74 Å². The molecule has 0 unspecified atom stereocenters. The molecule has 2 rings (SSSR count). The zero-order valence-electron chi connectivity index (χ0n) is 12.2. The molecule has 1 aromatic carbocycles. The van der Waals surface area contributed by atoms with Crippen molar-refractivity contribution in [2.75, 3.05) is 11.9 Å². The zero-order chi connectivity index (χ0) is 15.5. The van der Waals surface area contributed by atoms with E-state index in [1.54, 1.807) is 20.8 Å². The number of amides is 2. The Labute approximate surface area is 129 Å². The summed E-state index contributed by atoms with van der Waals surface area (Å²) in [5.41, 5.74) is 0.986. The number of anilines is 1. The second-order valence-corrected chi connectivity index (χ2v) is 5.51. The third kappa shape index (κ3) is 5.08. The molecule has 22 heavy (non-hydrogen) atoms. The minimum absolute atomic E-state index is 0. The van der Waals surface area contributed by atoms with Gasteiger partial charge in [-0.3, -0.25) is 10.1 Å². The van der Waals surface area contributed by atoms with E-state index in [-0.39, 0.29) is 19.9 Å². The number of hydrogen-bond acceptors (Lipinski definition) is 4. The van der Waals surface area contributed by atoms with Crippen LogP contribution in [0.5, 0.6) is 0 Å². The van der Waals surface area contributed by atoms with E-state index in [0.717, 1.165) is 11.0 Å². The van der Waals surface area contributed by atoms with Crippen molar-refractivity contribution < 1.29 is 14.3 Å². The van der Waals surface area contributed by atoms with E-state index in [1.807, 2.05) is 24.3 Å². The lowest BCUT2D eigenvalue weighted by atomic mass is 10.2. The highest BCUT2D eigenvalue weighted by Crippen LogP contribution is 2.13. The summed E-state index contributed by atoms with van der Waals surface area (Å²) in [4.78, 5) is 30.3. The van der Waals surface area contributed by atoms with Gasteiger partial charge in [0.05, 0.1) is 11.0 Å². The van der Waals surface area contributed by atoms with E-state index >= 15 is 0 Å². The maximum atomic E-state index is 11.7. The largest absolute Gasteiger partial charge is 0.444 e. The van der Waals surface area contributed by atoms with Crippen LogP contribution in [0.2, 0.25) is 0 Å². The number of nitrogens with zero attached hydrogens (tertiary/aromatic N) is 1. The van der Waals surface area contributed by atoms with Crippen LogP contribution in [0.3, 0.4) is 0 Å². The number of benzene rings is 1. The average molecular weight is 306 g/mol. The minimum atomic E-state index is -0.637. The number of aromatic nitrogens is 2. The lowest BCUT2D eigenvalue weighted by Crippen LogP contribution is -2.37. The zero-order valence-corrected chi connectivity index (χ0v) is 12.2. The second kappa shape index (κ2) is 6.93. The fraction of sp³-hybridized carbons (Fsp3) is 0.400. The Balaban J connectivity index is 0.00000242. The van der Waals surface area contributed by atoms with Crippen molar-refractivity contribution >= 4 is 29.0 Å². The standard InChI is InChI=1S/C14H18N4O3.CH4/c1-14(2,3)21-13(20)15-8-11(19)18-12-16-9-6-4-5-7-10(9)17-12;/h4-7H,8H2,1-3H3,(H,15,20)(H2,16,17,18,19);1H4. The molecule has 0 aliphatic carbocycles. The second-order valence-electron chi connectivity index (χ2n) is 5.51. The molecule has 1 heterocycles. The molecule has 1 aromatic heterocycles. The van der Waals surface area contributed by atoms with Crippen molar-refractivity contribution in [2.24, 2.45) is 0 Å². The van der Waals surface area contributed by atoms with E-state index in [2.05, 4.69) is 20.6 Å². The van der Waals surface area contributed by atoms with Gasteiger partial charge in [0.25, 0.3) is 0 Å². The molecule has 0 aliphatic rings. The van der Waals surface area contributed by atoms with E-state index in [9.17, 15) is 9.59 Å². The molecule has 0 spiro atoms. The molecule has 2 amide bonds. The van der Waals surface area contributed by atoms with Gasteiger partial charge in [-0.05, 0) is 32.9 Å². The van der Waals surface area contributed by atoms with Crippen molar-refractivity contribution in [2.45, 2.75) is 33.8 Å². The average Bonchev–Trinajstić information content (AvgIpc) is 2.76. The highest BCUT2D eigenvalue weighted by Gasteiger charge is 2.16. The summed E-state index contributed by atoms with van der Waals surface area (Å²) < 4.78 is 5.03. The Morgan fingerprint density at radius 2 is 1.95 bits per heavy atom. The fourth-order valence-corrected chi connectivity index (χ4v) is 1.65. The van der Waals surface area contributed by atoms with Gasteiger partial charge in [0, 0.05) is 0 Å². The van der Waals surface area contributed by atoms with E-state index < -0.39 is 11.7 Å².